The lowest BCUT2D eigenvalue weighted by Crippen LogP contribution is -2.65. The number of unbranched alkanes of at least 4 members (excludes halogenated alkanes) is 7. The molecule has 0 aromatic rings. The van der Waals surface area contributed by atoms with Crippen LogP contribution in [0.25, 0.3) is 0 Å². The molecule has 7 atom stereocenters. The van der Waals surface area contributed by atoms with Gasteiger partial charge in [0, 0.05) is 38.5 Å². The fraction of sp³-hybridized carbons (Fsp3) is 0.825. The van der Waals surface area contributed by atoms with Crippen molar-refractivity contribution in [3.8, 4) is 0 Å². The van der Waals surface area contributed by atoms with Gasteiger partial charge < -0.3 is 62.8 Å². The summed E-state index contributed by atoms with van der Waals surface area (Å²) in [5.41, 5.74) is -4.78. The number of likely N-dealkylation sites (N-methyl/N-ethyl adjacent to an activating group) is 1. The Bertz CT molecular complexity index is 2010. The first kappa shape index (κ1) is 71.6. The van der Waals surface area contributed by atoms with Crippen molar-refractivity contribution in [3.63, 3.8) is 0 Å². The Morgan fingerprint density at radius 3 is 1.66 bits per heavy atom. The highest BCUT2D eigenvalue weighted by Crippen LogP contribution is 2.21. The summed E-state index contributed by atoms with van der Waals surface area (Å²) < 4.78 is 0. The van der Waals surface area contributed by atoms with Gasteiger partial charge in [-0.05, 0) is 120 Å². The number of rotatable bonds is 37. The molecule has 1 aliphatic rings. The normalized spacial score (nSPS) is 16.2. The average Bonchev–Trinajstić information content (AvgIpc) is 3.83. The van der Waals surface area contributed by atoms with Crippen molar-refractivity contribution in [1.29, 1.82) is 0 Å². The molecule has 0 bridgehead atoms. The zero-order valence-corrected chi connectivity index (χ0v) is 51.1. The largest absolute Gasteiger partial charge is 0.391 e. The van der Waals surface area contributed by atoms with Gasteiger partial charge in [-0.15, -0.1) is 0 Å². The Balaban J connectivity index is 3.21. The van der Waals surface area contributed by atoms with Crippen molar-refractivity contribution in [2.75, 3.05) is 33.7 Å². The molecular weight excluding hydrogens is 1010 g/mol. The van der Waals surface area contributed by atoms with Crippen LogP contribution in [0.5, 0.6) is 0 Å². The molecule has 10 N–H and O–H groups in total. The zero-order valence-electron chi connectivity index (χ0n) is 51.1. The lowest BCUT2D eigenvalue weighted by molar-refractivity contribution is -0.140. The lowest BCUT2D eigenvalue weighted by atomic mass is 9.96. The molecule has 6 unspecified atom stereocenters. The summed E-state index contributed by atoms with van der Waals surface area (Å²) in [6.45, 7) is 24.5. The van der Waals surface area contributed by atoms with Crippen LogP contribution >= 0.6 is 0 Å². The van der Waals surface area contributed by atoms with E-state index < -0.39 is 100 Å². The minimum Gasteiger partial charge on any atom is -0.391 e. The van der Waals surface area contributed by atoms with Crippen LogP contribution < -0.4 is 47.9 Å². The Hall–Kier alpha value is -5.38. The topological polar surface area (TPSA) is 306 Å². The van der Waals surface area contributed by atoms with Gasteiger partial charge in [0.25, 0.3) is 0 Å². The van der Waals surface area contributed by atoms with Crippen LogP contribution in [0.1, 0.15) is 200 Å². The summed E-state index contributed by atoms with van der Waals surface area (Å²) in [7, 11) is 3.79. The minimum atomic E-state index is -1.73. The number of carbonyl (C=O) groups excluding carboxylic acids is 10. The lowest BCUT2D eigenvalue weighted by Gasteiger charge is -2.34. The number of aliphatic hydroxyl groups excluding tert-OH is 1. The molecule has 0 aromatic heterocycles. The molecule has 0 spiro atoms. The maximum absolute atomic E-state index is 14.2. The molecule has 0 aromatic carbocycles. The highest BCUT2D eigenvalue weighted by molar-refractivity contribution is 6.00. The molecule has 1 rings (SSSR count). The van der Waals surface area contributed by atoms with Crippen LogP contribution in [0.4, 0.5) is 0 Å². The summed E-state index contributed by atoms with van der Waals surface area (Å²) in [6.07, 6.45) is 8.55. The summed E-state index contributed by atoms with van der Waals surface area (Å²) in [5, 5.41) is 35.4. The van der Waals surface area contributed by atoms with E-state index in [0.29, 0.717) is 38.8 Å². The first-order valence-electron chi connectivity index (χ1n) is 29.1. The molecule has 1 fully saturated rings. The van der Waals surface area contributed by atoms with Crippen molar-refractivity contribution in [2.24, 2.45) is 11.8 Å². The Kier molecular flexibility index (Phi) is 31.5. The highest BCUT2D eigenvalue weighted by atomic mass is 16.3. The van der Waals surface area contributed by atoms with Gasteiger partial charge in [-0.3, -0.25) is 47.9 Å². The number of aliphatic hydroxyl groups is 1. The third kappa shape index (κ3) is 26.6. The molecule has 22 heteroatoms. The predicted octanol–water partition coefficient (Wildman–Crippen LogP) is 2.98. The number of likely N-dealkylation sites (tertiary alicyclic amines) is 1. The van der Waals surface area contributed by atoms with Crippen LogP contribution in [0, 0.1) is 11.8 Å². The molecule has 10 amide bonds. The fourth-order valence-electron chi connectivity index (χ4n) is 9.19. The molecule has 1 saturated heterocycles. The van der Waals surface area contributed by atoms with Gasteiger partial charge >= 0.3 is 0 Å². The smallest absolute Gasteiger partial charge is 0.246 e. The van der Waals surface area contributed by atoms with Crippen molar-refractivity contribution in [3.05, 3.63) is 0 Å². The quantitative estimate of drug-likeness (QED) is 0.0402. The van der Waals surface area contributed by atoms with E-state index in [1.54, 1.807) is 4.90 Å². The number of hydrogen-bond acceptors (Lipinski definition) is 12. The predicted molar refractivity (Wildman–Crippen MR) is 306 cm³/mol. The van der Waals surface area contributed by atoms with E-state index in [0.717, 1.165) is 51.4 Å². The van der Waals surface area contributed by atoms with Crippen molar-refractivity contribution < 1.29 is 53.1 Å². The highest BCUT2D eigenvalue weighted by Gasteiger charge is 2.41. The van der Waals surface area contributed by atoms with Gasteiger partial charge in [0.2, 0.25) is 59.1 Å². The number of nitrogens with zero attached hydrogens (tertiary/aromatic N) is 2. The van der Waals surface area contributed by atoms with Crippen LogP contribution in [-0.4, -0.2) is 167 Å². The van der Waals surface area contributed by atoms with E-state index >= 15 is 0 Å². The van der Waals surface area contributed by atoms with Crippen LogP contribution in [-0.2, 0) is 47.9 Å². The van der Waals surface area contributed by atoms with Gasteiger partial charge in [-0.25, -0.2) is 0 Å². The Labute approximate surface area is 472 Å². The number of carbonyl (C=O) groups is 10. The maximum atomic E-state index is 14.2. The number of hydrogen-bond donors (Lipinski definition) is 10. The number of amides is 10. The summed E-state index contributed by atoms with van der Waals surface area (Å²) >= 11 is 0. The second-order valence-corrected chi connectivity index (χ2v) is 24.4. The second-order valence-electron chi connectivity index (χ2n) is 24.4. The molecule has 0 aliphatic carbocycles. The first-order chi connectivity index (χ1) is 36.7. The van der Waals surface area contributed by atoms with E-state index in [4.69, 9.17) is 0 Å². The third-order valence-electron chi connectivity index (χ3n) is 13.8. The SMILES string of the molecule is CCCCCCCCC(NC(=O)[C@@H]1CCCN1C(=O)CCCCC)C(=O)NC(C(=O)NC(C)(C)C(=O)NC(CC(C)C)C(=O)NC(CC(C)C)C(=O)NC(C)(C)C(=O)NC(C)(C)C(=O)NCCC(=O)NC(C)CN(C)C)C(C)O. The van der Waals surface area contributed by atoms with Crippen molar-refractivity contribution in [1.82, 2.24) is 57.7 Å². The molecule has 1 aliphatic heterocycles. The van der Waals surface area contributed by atoms with Gasteiger partial charge in [0.1, 0.15) is 46.8 Å². The van der Waals surface area contributed by atoms with Gasteiger partial charge in [0.15, 0.2) is 0 Å². The van der Waals surface area contributed by atoms with Crippen molar-refractivity contribution in [2.45, 2.75) is 259 Å². The van der Waals surface area contributed by atoms with E-state index in [9.17, 15) is 53.1 Å². The van der Waals surface area contributed by atoms with Crippen LogP contribution in [0.3, 0.4) is 0 Å². The molecule has 0 radical (unpaired) electrons. The maximum Gasteiger partial charge on any atom is 0.246 e. The van der Waals surface area contributed by atoms with Gasteiger partial charge in [-0.1, -0.05) is 92.9 Å². The standard InChI is InChI=1S/C57H105N11O11/c1-17-19-21-22-23-25-27-40(60-50(75)43-28-26-32-68(43)45(71)29-24-20-18-2)47(72)63-46(39(8)69)51(76)65-56(11,12)53(78)62-41(33-36(3)4)48(73)61-42(34-37(5)6)49(74)64-57(13,14)54(79)66-55(9,10)52(77)58-31-30-44(70)59-38(7)35-67(15)16/h36-43,46,69H,17-35H2,1-16H3,(H,58,77)(H,59,70)(H,60,75)(H,61,73)(H,62,78)(H,63,72)(H,64,74)(H,65,76)(H,66,79)/t38?,39?,40?,41?,42?,43-,46?/m0/s1. The first-order valence-corrected chi connectivity index (χ1v) is 29.1. The number of nitrogens with one attached hydrogen (secondary N) is 9. The molecule has 454 valence electrons. The second kappa shape index (κ2) is 34.7. The molecular formula is C57H105N11O11. The average molecular weight is 1120 g/mol. The molecule has 79 heavy (non-hydrogen) atoms. The van der Waals surface area contributed by atoms with E-state index in [1.165, 1.54) is 48.5 Å². The zero-order chi connectivity index (χ0) is 60.4. The molecule has 0 saturated carbocycles. The minimum absolute atomic E-state index is 0.0230. The van der Waals surface area contributed by atoms with Crippen LogP contribution in [0.15, 0.2) is 0 Å². The van der Waals surface area contributed by atoms with E-state index in [-0.39, 0.29) is 61.9 Å². The molecule has 22 nitrogen and oxygen atoms in total. The Morgan fingerprint density at radius 1 is 0.570 bits per heavy atom. The van der Waals surface area contributed by atoms with Crippen molar-refractivity contribution >= 4 is 59.1 Å². The third-order valence-corrected chi connectivity index (χ3v) is 13.8. The van der Waals surface area contributed by atoms with Gasteiger partial charge in [0.05, 0.1) is 6.10 Å². The summed E-state index contributed by atoms with van der Waals surface area (Å²) in [6, 6.07) is -5.89. The summed E-state index contributed by atoms with van der Waals surface area (Å²) in [5.74, 6) is -6.16. The molecule has 1 heterocycles. The Morgan fingerprint density at radius 2 is 1.09 bits per heavy atom. The van der Waals surface area contributed by atoms with Gasteiger partial charge in [-0.2, -0.15) is 0 Å². The fourth-order valence-corrected chi connectivity index (χ4v) is 9.19. The monoisotopic (exact) mass is 1120 g/mol. The van der Waals surface area contributed by atoms with Crippen LogP contribution in [0.2, 0.25) is 0 Å². The van der Waals surface area contributed by atoms with E-state index in [2.05, 4.69) is 54.8 Å². The van der Waals surface area contributed by atoms with E-state index in [1.807, 2.05) is 60.5 Å². The summed E-state index contributed by atoms with van der Waals surface area (Å²) in [4.78, 5) is 140.